The number of aryl methyl sites for hydroxylation is 2. The molecule has 11 nitrogen and oxygen atoms in total. The van der Waals surface area contributed by atoms with E-state index in [1.165, 1.54) is 22.3 Å². The third kappa shape index (κ3) is 11.2. The molecule has 10 rings (SSSR count). The van der Waals surface area contributed by atoms with E-state index >= 15 is 9.59 Å². The van der Waals surface area contributed by atoms with Gasteiger partial charge in [0.15, 0.2) is 17.8 Å². The minimum atomic E-state index is -1.37. The molecule has 394 valence electrons. The molecule has 76 heavy (non-hydrogen) atoms. The van der Waals surface area contributed by atoms with Gasteiger partial charge in [-0.2, -0.15) is 0 Å². The first-order chi connectivity index (χ1) is 37.1. The zero-order chi connectivity index (χ0) is 52.8. The van der Waals surface area contributed by atoms with Crippen molar-refractivity contribution in [2.24, 2.45) is 5.92 Å². The van der Waals surface area contributed by atoms with Gasteiger partial charge >= 0.3 is 17.6 Å². The highest BCUT2D eigenvalue weighted by molar-refractivity contribution is 5.90. The number of rotatable bonds is 14. The van der Waals surface area contributed by atoms with E-state index in [2.05, 4.69) is 90.7 Å². The van der Waals surface area contributed by atoms with Crippen LogP contribution in [0.25, 0.3) is 11.0 Å². The first kappa shape index (κ1) is 52.6. The van der Waals surface area contributed by atoms with E-state index in [1.54, 1.807) is 12.1 Å². The minimum absolute atomic E-state index is 0.0112. The molecule has 1 saturated carbocycles. The van der Waals surface area contributed by atoms with Gasteiger partial charge in [0.05, 0.1) is 25.2 Å². The molecular weight excluding hydrogens is 957 g/mol. The van der Waals surface area contributed by atoms with Crippen LogP contribution in [0.1, 0.15) is 151 Å². The molecule has 6 aromatic rings. The van der Waals surface area contributed by atoms with Crippen LogP contribution in [0.4, 0.5) is 0 Å². The third-order valence-electron chi connectivity index (χ3n) is 16.5. The van der Waals surface area contributed by atoms with Crippen molar-refractivity contribution in [3.63, 3.8) is 0 Å². The lowest BCUT2D eigenvalue weighted by atomic mass is 9.67. The standard InChI is InChI=1S/C65H68O11/c1-41(2)51-24-21-44-22-25-52-48(34-44)19-9-10-30-65(31-12-18-42-13-5-3-6-14-42)62(75-63(51)70)61(59-56(76-65)28-27-54-55(38-67)58(64(71)74-60(54)59)49(29-32-66)39-72-40-68)73-57(69)37-50-36-47(23-26-53(50)52)46-20-11-17-45(35-46)33-43-15-7-4-8-16-43/h3-8,11,13-17,20,22,25,27-28,34-35,47,49-50,53,61-62,66-68H,12,18-19,21,23-24,26,29-33,36-40H2,1-2H3/t47-,49-,50+,53-,61-,62+,65+/m1/s1. The van der Waals surface area contributed by atoms with Crippen LogP contribution in [0.5, 0.6) is 5.75 Å². The summed E-state index contributed by atoms with van der Waals surface area (Å²) in [5.74, 6) is 5.59. The van der Waals surface area contributed by atoms with E-state index < -0.39 is 54.7 Å². The van der Waals surface area contributed by atoms with Crippen LogP contribution < -0.4 is 10.4 Å². The number of carbonyl (C=O) groups excluding carboxylic acids is 2. The maximum absolute atomic E-state index is 15.5. The summed E-state index contributed by atoms with van der Waals surface area (Å²) in [4.78, 5) is 45.1. The van der Waals surface area contributed by atoms with Crippen molar-refractivity contribution >= 4 is 22.9 Å². The quantitative estimate of drug-likeness (QED) is 0.0313. The summed E-state index contributed by atoms with van der Waals surface area (Å²) in [6.45, 7) is 2.17. The van der Waals surface area contributed by atoms with E-state index in [0.29, 0.717) is 49.5 Å². The third-order valence-corrected chi connectivity index (χ3v) is 16.5. The lowest BCUT2D eigenvalue weighted by Gasteiger charge is -2.47. The summed E-state index contributed by atoms with van der Waals surface area (Å²) >= 11 is 0. The van der Waals surface area contributed by atoms with Crippen molar-refractivity contribution in [1.29, 1.82) is 0 Å². The second-order valence-corrected chi connectivity index (χ2v) is 21.5. The molecule has 0 amide bonds. The van der Waals surface area contributed by atoms with E-state index in [4.69, 9.17) is 23.4 Å². The monoisotopic (exact) mass is 1020 g/mol. The highest BCUT2D eigenvalue weighted by Crippen LogP contribution is 2.52. The van der Waals surface area contributed by atoms with Gasteiger partial charge in [0, 0.05) is 41.9 Å². The molecule has 7 atom stereocenters. The zero-order valence-corrected chi connectivity index (χ0v) is 43.6. The molecule has 3 aliphatic heterocycles. The summed E-state index contributed by atoms with van der Waals surface area (Å²) < 4.78 is 32.8. The van der Waals surface area contributed by atoms with Crippen molar-refractivity contribution in [2.75, 3.05) is 20.0 Å². The highest BCUT2D eigenvalue weighted by atomic mass is 16.6. The Labute approximate surface area is 444 Å². The molecule has 5 aromatic carbocycles. The molecule has 0 spiro atoms. The van der Waals surface area contributed by atoms with Crippen LogP contribution in [-0.4, -0.2) is 59.0 Å². The van der Waals surface area contributed by atoms with Crippen LogP contribution in [-0.2, 0) is 56.1 Å². The van der Waals surface area contributed by atoms with Gasteiger partial charge < -0.3 is 38.7 Å². The Morgan fingerprint density at radius 2 is 1.62 bits per heavy atom. The molecule has 1 fully saturated rings. The number of allylic oxidation sites excluding steroid dienone is 1. The molecule has 4 heterocycles. The number of carbonyl (C=O) groups is 2. The first-order valence-electron chi connectivity index (χ1n) is 27.1. The molecular formula is C65H68O11. The molecule has 1 aliphatic carbocycles. The molecule has 3 N–H and O–H groups in total. The second-order valence-electron chi connectivity index (χ2n) is 21.5. The zero-order valence-electron chi connectivity index (χ0n) is 43.6. The van der Waals surface area contributed by atoms with E-state index in [9.17, 15) is 20.1 Å². The normalized spacial score (nSPS) is 22.6. The fraction of sp³-hybridized carbons (Fsp3) is 0.400. The molecule has 11 heteroatoms. The topological polar surface area (TPSA) is 162 Å². The Bertz CT molecular complexity index is 3220. The van der Waals surface area contributed by atoms with Crippen LogP contribution in [0.15, 0.2) is 136 Å². The fourth-order valence-electron chi connectivity index (χ4n) is 12.7. The lowest BCUT2D eigenvalue weighted by molar-refractivity contribution is -0.194. The molecule has 0 saturated heterocycles. The average molecular weight is 1030 g/mol. The van der Waals surface area contributed by atoms with Crippen molar-refractivity contribution in [2.45, 2.75) is 139 Å². The SMILES string of the molecule is CC(C)=C1CCc2ccc3c(c2)CC#CC[C@@]2(CCCc4ccccc4)Oc4ccc5c(CO)c([C@H](CCO)COCO)c(=O)oc5c4[C@@H](OC(=O)C[C@@H]4C[C@H](c5cccc(Cc6ccccc6)c5)CC[C@@H]34)[C@@H]2OC1=O. The van der Waals surface area contributed by atoms with Crippen LogP contribution >= 0.6 is 0 Å². The molecule has 0 radical (unpaired) electrons. The van der Waals surface area contributed by atoms with Gasteiger partial charge in [0.25, 0.3) is 0 Å². The van der Waals surface area contributed by atoms with Gasteiger partial charge in [0.2, 0.25) is 0 Å². The minimum Gasteiger partial charge on any atom is -0.482 e. The van der Waals surface area contributed by atoms with Gasteiger partial charge in [-0.05, 0) is 152 Å². The Kier molecular flexibility index (Phi) is 16.3. The smallest absolute Gasteiger partial charge is 0.340 e. The van der Waals surface area contributed by atoms with Gasteiger partial charge in [-0.15, -0.1) is 0 Å². The largest absolute Gasteiger partial charge is 0.482 e. The molecule has 4 aliphatic rings. The summed E-state index contributed by atoms with van der Waals surface area (Å²) in [7, 11) is 0. The van der Waals surface area contributed by atoms with Crippen LogP contribution in [0, 0.1) is 17.8 Å². The molecule has 1 aromatic heterocycles. The predicted octanol–water partition coefficient (Wildman–Crippen LogP) is 10.9. The van der Waals surface area contributed by atoms with Crippen molar-refractivity contribution in [3.8, 4) is 17.6 Å². The predicted molar refractivity (Wildman–Crippen MR) is 290 cm³/mol. The number of aliphatic hydroxyl groups is 3. The Morgan fingerprint density at radius 1 is 0.829 bits per heavy atom. The van der Waals surface area contributed by atoms with Gasteiger partial charge in [-0.1, -0.05) is 121 Å². The fourth-order valence-corrected chi connectivity index (χ4v) is 12.7. The molecule has 0 unspecified atom stereocenters. The number of ether oxygens (including phenoxy) is 4. The summed E-state index contributed by atoms with van der Waals surface area (Å²) in [6.07, 6.45) is 4.01. The van der Waals surface area contributed by atoms with Crippen LogP contribution in [0.3, 0.4) is 0 Å². The number of fused-ring (bicyclic) bond motifs is 9. The second kappa shape index (κ2) is 23.6. The maximum Gasteiger partial charge on any atom is 0.340 e. The lowest BCUT2D eigenvalue weighted by Crippen LogP contribution is -2.56. The number of esters is 2. The van der Waals surface area contributed by atoms with E-state index in [1.807, 2.05) is 38.1 Å². The Hall–Kier alpha value is -6.81. The summed E-state index contributed by atoms with van der Waals surface area (Å²) in [5.41, 5.74) is 7.88. The van der Waals surface area contributed by atoms with Crippen molar-refractivity contribution < 1.29 is 48.3 Å². The summed E-state index contributed by atoms with van der Waals surface area (Å²) in [5, 5.41) is 31.1. The number of benzene rings is 5. The number of aliphatic hydroxyl groups excluding tert-OH is 3. The number of hydrogen-bond donors (Lipinski definition) is 3. The van der Waals surface area contributed by atoms with Crippen molar-refractivity contribution in [1.82, 2.24) is 0 Å². The average Bonchev–Trinajstić information content (AvgIpc) is 3.48. The van der Waals surface area contributed by atoms with Gasteiger partial charge in [-0.25, -0.2) is 9.59 Å². The Morgan fingerprint density at radius 3 is 2.38 bits per heavy atom. The highest BCUT2D eigenvalue weighted by Gasteiger charge is 2.55. The van der Waals surface area contributed by atoms with E-state index in [0.717, 1.165) is 47.9 Å². The van der Waals surface area contributed by atoms with Gasteiger partial charge in [0.1, 0.15) is 18.1 Å². The Balaban J connectivity index is 1.15. The number of hydrogen-bond acceptors (Lipinski definition) is 11. The first-order valence-corrected chi connectivity index (χ1v) is 27.1. The van der Waals surface area contributed by atoms with Crippen molar-refractivity contribution in [3.05, 3.63) is 192 Å². The maximum atomic E-state index is 15.5. The summed E-state index contributed by atoms with van der Waals surface area (Å²) in [6, 6.07) is 39.5. The van der Waals surface area contributed by atoms with Crippen LogP contribution in [0.2, 0.25) is 0 Å². The molecule has 5 bridgehead atoms. The van der Waals surface area contributed by atoms with Gasteiger partial charge in [-0.3, -0.25) is 4.79 Å². The van der Waals surface area contributed by atoms with E-state index in [-0.39, 0.29) is 78.3 Å².